The van der Waals surface area contributed by atoms with Gasteiger partial charge in [-0.1, -0.05) is 6.92 Å². The number of likely N-dealkylation sites (tertiary alicyclic amines) is 1. The van der Waals surface area contributed by atoms with Crippen LogP contribution >= 0.6 is 0 Å². The summed E-state index contributed by atoms with van der Waals surface area (Å²) in [5, 5.41) is 0. The fourth-order valence-corrected chi connectivity index (χ4v) is 4.01. The fraction of sp³-hybridized carbons (Fsp3) is 0.625. The standard InChI is InChI=1S/C16H24F2N2O2S/c1-4-7-20-8-5-12(6-9-20)13-10-16(15(18)11-14(13)17)23(21,22)19(2)3/h10-12H,4-9H2,1-3H3. The van der Waals surface area contributed by atoms with Crippen molar-refractivity contribution in [3.05, 3.63) is 29.3 Å². The summed E-state index contributed by atoms with van der Waals surface area (Å²) < 4.78 is 53.5. The number of piperidine rings is 1. The van der Waals surface area contributed by atoms with E-state index in [0.717, 1.165) is 43.2 Å². The number of benzene rings is 1. The molecule has 4 nitrogen and oxygen atoms in total. The predicted octanol–water partition coefficient (Wildman–Crippen LogP) is 2.80. The second-order valence-corrected chi connectivity index (χ2v) is 8.33. The number of nitrogens with zero attached hydrogens (tertiary/aromatic N) is 2. The van der Waals surface area contributed by atoms with Crippen LogP contribution in [0.3, 0.4) is 0 Å². The second-order valence-electron chi connectivity index (χ2n) is 6.21. The zero-order valence-corrected chi connectivity index (χ0v) is 14.7. The van der Waals surface area contributed by atoms with Crippen LogP contribution in [-0.2, 0) is 10.0 Å². The Morgan fingerprint density at radius 3 is 2.30 bits per heavy atom. The quantitative estimate of drug-likeness (QED) is 0.823. The monoisotopic (exact) mass is 346 g/mol. The van der Waals surface area contributed by atoms with Gasteiger partial charge in [-0.3, -0.25) is 0 Å². The van der Waals surface area contributed by atoms with Crippen molar-refractivity contribution in [2.45, 2.75) is 37.0 Å². The van der Waals surface area contributed by atoms with E-state index in [1.54, 1.807) is 0 Å². The van der Waals surface area contributed by atoms with Crippen molar-refractivity contribution in [3.63, 3.8) is 0 Å². The van der Waals surface area contributed by atoms with Crippen molar-refractivity contribution in [1.82, 2.24) is 9.21 Å². The maximum Gasteiger partial charge on any atom is 0.245 e. The molecule has 0 N–H and O–H groups in total. The summed E-state index contributed by atoms with van der Waals surface area (Å²) >= 11 is 0. The third kappa shape index (κ3) is 3.89. The van der Waals surface area contributed by atoms with Gasteiger partial charge in [0.15, 0.2) is 0 Å². The largest absolute Gasteiger partial charge is 0.303 e. The Morgan fingerprint density at radius 1 is 1.17 bits per heavy atom. The Hall–Kier alpha value is -1.05. The summed E-state index contributed by atoms with van der Waals surface area (Å²) in [4.78, 5) is 1.87. The summed E-state index contributed by atoms with van der Waals surface area (Å²) in [7, 11) is -1.25. The average molecular weight is 346 g/mol. The van der Waals surface area contributed by atoms with E-state index in [9.17, 15) is 17.2 Å². The number of halogens is 2. The Balaban J connectivity index is 2.30. The second kappa shape index (κ2) is 7.23. The van der Waals surface area contributed by atoms with Gasteiger partial charge in [-0.15, -0.1) is 0 Å². The van der Waals surface area contributed by atoms with Crippen LogP contribution in [0.1, 0.15) is 37.7 Å². The maximum absolute atomic E-state index is 14.2. The first-order valence-corrected chi connectivity index (χ1v) is 9.35. The lowest BCUT2D eigenvalue weighted by molar-refractivity contribution is 0.211. The summed E-state index contributed by atoms with van der Waals surface area (Å²) in [6.07, 6.45) is 2.58. The molecule has 0 unspecified atom stereocenters. The molecule has 0 radical (unpaired) electrons. The molecule has 1 fully saturated rings. The summed E-state index contributed by atoms with van der Waals surface area (Å²) in [6, 6.07) is 1.88. The molecule has 1 aliphatic rings. The number of hydrogen-bond donors (Lipinski definition) is 0. The van der Waals surface area contributed by atoms with Gasteiger partial charge in [0.25, 0.3) is 0 Å². The van der Waals surface area contributed by atoms with Crippen molar-refractivity contribution in [3.8, 4) is 0 Å². The highest BCUT2D eigenvalue weighted by atomic mass is 32.2. The molecule has 7 heteroatoms. The van der Waals surface area contributed by atoms with Gasteiger partial charge in [-0.25, -0.2) is 21.5 Å². The minimum Gasteiger partial charge on any atom is -0.303 e. The van der Waals surface area contributed by atoms with Crippen LogP contribution in [0.25, 0.3) is 0 Å². The molecule has 0 aromatic heterocycles. The van der Waals surface area contributed by atoms with Gasteiger partial charge in [0.05, 0.1) is 0 Å². The zero-order valence-electron chi connectivity index (χ0n) is 13.8. The van der Waals surface area contributed by atoms with Gasteiger partial charge in [0, 0.05) is 20.2 Å². The molecule has 1 heterocycles. The molecule has 1 aliphatic heterocycles. The molecule has 0 spiro atoms. The van der Waals surface area contributed by atoms with Gasteiger partial charge in [0.2, 0.25) is 10.0 Å². The third-order valence-corrected chi connectivity index (χ3v) is 6.21. The highest BCUT2D eigenvalue weighted by molar-refractivity contribution is 7.89. The van der Waals surface area contributed by atoms with E-state index in [2.05, 4.69) is 11.8 Å². The van der Waals surface area contributed by atoms with E-state index in [1.165, 1.54) is 20.2 Å². The predicted molar refractivity (Wildman–Crippen MR) is 85.9 cm³/mol. The molecule has 23 heavy (non-hydrogen) atoms. The van der Waals surface area contributed by atoms with Gasteiger partial charge in [-0.2, -0.15) is 0 Å². The topological polar surface area (TPSA) is 40.6 Å². The first-order chi connectivity index (χ1) is 10.8. The molecule has 1 aromatic rings. The fourth-order valence-electron chi connectivity index (χ4n) is 3.04. The van der Waals surface area contributed by atoms with Crippen LogP contribution in [0.5, 0.6) is 0 Å². The molecule has 0 atom stereocenters. The van der Waals surface area contributed by atoms with Crippen LogP contribution in [-0.4, -0.2) is 51.4 Å². The molecule has 0 amide bonds. The Morgan fingerprint density at radius 2 is 1.78 bits per heavy atom. The van der Waals surface area contributed by atoms with Gasteiger partial charge < -0.3 is 4.90 Å². The van der Waals surface area contributed by atoms with Crippen LogP contribution in [0, 0.1) is 11.6 Å². The normalized spacial score (nSPS) is 17.8. The lowest BCUT2D eigenvalue weighted by atomic mass is 9.89. The molecule has 1 aromatic carbocycles. The van der Waals surface area contributed by atoms with Crippen molar-refractivity contribution in [2.24, 2.45) is 0 Å². The van der Waals surface area contributed by atoms with E-state index in [0.29, 0.717) is 11.6 Å². The van der Waals surface area contributed by atoms with Crippen molar-refractivity contribution >= 4 is 10.0 Å². The van der Waals surface area contributed by atoms with Crippen molar-refractivity contribution < 1.29 is 17.2 Å². The molecular formula is C16H24F2N2O2S. The van der Waals surface area contributed by atoms with Gasteiger partial charge in [-0.05, 0) is 56.4 Å². The van der Waals surface area contributed by atoms with Crippen LogP contribution in [0.15, 0.2) is 17.0 Å². The van der Waals surface area contributed by atoms with Crippen LogP contribution in [0.2, 0.25) is 0 Å². The lowest BCUT2D eigenvalue weighted by Gasteiger charge is -2.32. The first kappa shape index (κ1) is 18.3. The molecule has 0 bridgehead atoms. The molecule has 2 rings (SSSR count). The summed E-state index contributed by atoms with van der Waals surface area (Å²) in [5.74, 6) is -1.77. The van der Waals surface area contributed by atoms with E-state index in [-0.39, 0.29) is 5.92 Å². The number of hydrogen-bond acceptors (Lipinski definition) is 3. The van der Waals surface area contributed by atoms with Crippen molar-refractivity contribution in [1.29, 1.82) is 0 Å². The van der Waals surface area contributed by atoms with Crippen LogP contribution in [0.4, 0.5) is 8.78 Å². The molecular weight excluding hydrogens is 322 g/mol. The molecule has 1 saturated heterocycles. The van der Waals surface area contributed by atoms with Crippen LogP contribution < -0.4 is 0 Å². The first-order valence-electron chi connectivity index (χ1n) is 7.91. The Labute approximate surface area is 137 Å². The summed E-state index contributed by atoms with van der Waals surface area (Å²) in [6.45, 7) is 4.83. The van der Waals surface area contributed by atoms with Gasteiger partial charge >= 0.3 is 0 Å². The molecule has 0 aliphatic carbocycles. The third-order valence-electron chi connectivity index (χ3n) is 4.38. The minimum atomic E-state index is -3.92. The number of sulfonamides is 1. The van der Waals surface area contributed by atoms with E-state index >= 15 is 0 Å². The number of rotatable bonds is 5. The summed E-state index contributed by atoms with van der Waals surface area (Å²) in [5.41, 5.74) is 0.308. The van der Waals surface area contributed by atoms with E-state index in [4.69, 9.17) is 0 Å². The lowest BCUT2D eigenvalue weighted by Crippen LogP contribution is -2.33. The SMILES string of the molecule is CCCN1CCC(c2cc(S(=O)(=O)N(C)C)c(F)cc2F)CC1. The minimum absolute atomic E-state index is 0.0696. The van der Waals surface area contributed by atoms with Crippen molar-refractivity contribution in [2.75, 3.05) is 33.7 Å². The molecule has 130 valence electrons. The van der Waals surface area contributed by atoms with Gasteiger partial charge in [0.1, 0.15) is 16.5 Å². The zero-order chi connectivity index (χ0) is 17.2. The Bertz CT molecular complexity index is 654. The van der Waals surface area contributed by atoms with E-state index in [1.807, 2.05) is 0 Å². The maximum atomic E-state index is 14.2. The molecule has 0 saturated carbocycles. The highest BCUT2D eigenvalue weighted by Gasteiger charge is 2.28. The average Bonchev–Trinajstić information content (AvgIpc) is 2.48. The Kier molecular flexibility index (Phi) is 5.75. The smallest absolute Gasteiger partial charge is 0.245 e. The highest BCUT2D eigenvalue weighted by Crippen LogP contribution is 2.33. The van der Waals surface area contributed by atoms with E-state index < -0.39 is 26.6 Å².